The summed E-state index contributed by atoms with van der Waals surface area (Å²) < 4.78 is 12.8. The molecule has 0 radical (unpaired) electrons. The van der Waals surface area contributed by atoms with Crippen LogP contribution >= 0.6 is 0 Å². The highest BCUT2D eigenvalue weighted by molar-refractivity contribution is 6.28. The maximum Gasteiger partial charge on any atom is 0.143 e. The Hall–Kier alpha value is -6.64. The molecule has 2 heterocycles. The first-order chi connectivity index (χ1) is 24.8. The summed E-state index contributed by atoms with van der Waals surface area (Å²) in [4.78, 5) is 0. The number of furan rings is 2. The minimum atomic E-state index is 0.885. The quantitative estimate of drug-likeness (QED) is 0.180. The van der Waals surface area contributed by atoms with E-state index in [1.54, 1.807) is 0 Å². The van der Waals surface area contributed by atoms with Gasteiger partial charge in [-0.15, -0.1) is 0 Å². The second-order valence-corrected chi connectivity index (χ2v) is 13.2. The number of rotatable bonds is 4. The molecule has 0 spiro atoms. The molecule has 0 saturated carbocycles. The average Bonchev–Trinajstić information content (AvgIpc) is 3.75. The Morgan fingerprint density at radius 3 is 1.48 bits per heavy atom. The first kappa shape index (κ1) is 27.3. The minimum Gasteiger partial charge on any atom is -0.456 e. The van der Waals surface area contributed by atoms with Crippen LogP contribution in [0.2, 0.25) is 0 Å². The molecule has 0 bridgehead atoms. The fourth-order valence-electron chi connectivity index (χ4n) is 8.15. The summed E-state index contributed by atoms with van der Waals surface area (Å²) in [6.07, 6.45) is 0. The van der Waals surface area contributed by atoms with E-state index in [0.717, 1.165) is 55.4 Å². The zero-order valence-electron chi connectivity index (χ0n) is 27.0. The molecule has 50 heavy (non-hydrogen) atoms. The van der Waals surface area contributed by atoms with Crippen molar-refractivity contribution in [3.63, 3.8) is 0 Å². The van der Waals surface area contributed by atoms with Crippen LogP contribution in [-0.4, -0.2) is 0 Å². The fourth-order valence-corrected chi connectivity index (χ4v) is 8.15. The van der Waals surface area contributed by atoms with Crippen molar-refractivity contribution in [2.24, 2.45) is 0 Å². The first-order valence-corrected chi connectivity index (χ1v) is 17.1. The lowest BCUT2D eigenvalue weighted by Gasteiger charge is -2.16. The molecular weight excluding hydrogens is 609 g/mol. The number of hydrogen-bond acceptors (Lipinski definition) is 2. The van der Waals surface area contributed by atoms with E-state index < -0.39 is 0 Å². The van der Waals surface area contributed by atoms with Gasteiger partial charge in [-0.25, -0.2) is 0 Å². The SMILES string of the molecule is c1ccc(-c2oc3ccc(-c4ccc5ccc6c(-c7ccc8oc9ccccc9c8c7)ccc7ccc4c5c76)cc3c2-c2ccccc2)cc1. The van der Waals surface area contributed by atoms with Gasteiger partial charge in [0.05, 0.1) is 0 Å². The van der Waals surface area contributed by atoms with Gasteiger partial charge in [0.1, 0.15) is 22.5 Å². The van der Waals surface area contributed by atoms with E-state index in [0.29, 0.717) is 0 Å². The Kier molecular flexibility index (Phi) is 5.70. The zero-order valence-corrected chi connectivity index (χ0v) is 27.0. The molecule has 0 N–H and O–H groups in total. The van der Waals surface area contributed by atoms with Crippen molar-refractivity contribution in [3.8, 4) is 44.7 Å². The summed E-state index contributed by atoms with van der Waals surface area (Å²) in [6.45, 7) is 0. The lowest BCUT2D eigenvalue weighted by Crippen LogP contribution is -1.89. The van der Waals surface area contributed by atoms with E-state index in [-0.39, 0.29) is 0 Å². The van der Waals surface area contributed by atoms with Crippen LogP contribution in [0, 0.1) is 0 Å². The van der Waals surface area contributed by atoms with Gasteiger partial charge in [0, 0.05) is 27.3 Å². The van der Waals surface area contributed by atoms with Crippen LogP contribution in [0.15, 0.2) is 179 Å². The predicted molar refractivity (Wildman–Crippen MR) is 209 cm³/mol. The van der Waals surface area contributed by atoms with Crippen molar-refractivity contribution in [2.75, 3.05) is 0 Å². The molecule has 0 saturated heterocycles. The number of hydrogen-bond donors (Lipinski definition) is 0. The van der Waals surface area contributed by atoms with E-state index >= 15 is 0 Å². The topological polar surface area (TPSA) is 26.3 Å². The molecule has 0 unspecified atom stereocenters. The average molecular weight is 637 g/mol. The molecular formula is C48H28O2. The fraction of sp³-hybridized carbons (Fsp3) is 0. The van der Waals surface area contributed by atoms with Gasteiger partial charge in [0.2, 0.25) is 0 Å². The van der Waals surface area contributed by atoms with Gasteiger partial charge < -0.3 is 8.83 Å². The van der Waals surface area contributed by atoms with E-state index in [9.17, 15) is 0 Å². The number of fused-ring (bicyclic) bond motifs is 4. The smallest absolute Gasteiger partial charge is 0.143 e. The van der Waals surface area contributed by atoms with Crippen molar-refractivity contribution in [3.05, 3.63) is 170 Å². The van der Waals surface area contributed by atoms with Crippen molar-refractivity contribution >= 4 is 65.2 Å². The molecule has 2 aromatic heterocycles. The van der Waals surface area contributed by atoms with E-state index in [1.165, 1.54) is 54.6 Å². The Bertz CT molecular complexity index is 3070. The molecule has 0 fully saturated rings. The van der Waals surface area contributed by atoms with Crippen LogP contribution in [0.5, 0.6) is 0 Å². The molecule has 232 valence electrons. The Labute approximate surface area is 287 Å². The van der Waals surface area contributed by atoms with Crippen LogP contribution in [0.25, 0.3) is 110 Å². The standard InChI is InChI=1S/C48H28O2/c1-3-9-29(10-4-1)47-41-28-34(20-26-44(41)50-48(47)32-11-5-2-6-12-32)36-22-16-31-17-23-38-35(21-15-30-18-24-39(36)46(31)45(30)38)33-19-25-43-40(27-33)37-13-7-8-14-42(37)49-43/h1-28H. The number of para-hydroxylation sites is 1. The normalized spacial score (nSPS) is 12.0. The second kappa shape index (κ2) is 10.4. The predicted octanol–water partition coefficient (Wildman–Crippen LogP) is 13.9. The molecule has 0 aliphatic carbocycles. The van der Waals surface area contributed by atoms with Gasteiger partial charge in [-0.1, -0.05) is 140 Å². The van der Waals surface area contributed by atoms with Gasteiger partial charge in [0.15, 0.2) is 0 Å². The Morgan fingerprint density at radius 2 is 0.820 bits per heavy atom. The lowest BCUT2D eigenvalue weighted by molar-refractivity contribution is 0.632. The third kappa shape index (κ3) is 3.96. The van der Waals surface area contributed by atoms with Crippen molar-refractivity contribution in [1.29, 1.82) is 0 Å². The summed E-state index contributed by atoms with van der Waals surface area (Å²) in [6, 6.07) is 60.8. The third-order valence-corrected chi connectivity index (χ3v) is 10.4. The maximum absolute atomic E-state index is 6.61. The highest BCUT2D eigenvalue weighted by Gasteiger charge is 2.20. The molecule has 9 aromatic carbocycles. The maximum atomic E-state index is 6.61. The van der Waals surface area contributed by atoms with Crippen LogP contribution in [0.3, 0.4) is 0 Å². The Balaban J connectivity index is 1.13. The summed E-state index contributed by atoms with van der Waals surface area (Å²) in [5, 5.41) is 11.0. The lowest BCUT2D eigenvalue weighted by atomic mass is 9.87. The summed E-state index contributed by atoms with van der Waals surface area (Å²) in [7, 11) is 0. The highest BCUT2D eigenvalue weighted by atomic mass is 16.3. The molecule has 0 atom stereocenters. The molecule has 11 rings (SSSR count). The number of benzene rings is 9. The van der Waals surface area contributed by atoms with Gasteiger partial charge in [-0.2, -0.15) is 0 Å². The van der Waals surface area contributed by atoms with Crippen LogP contribution in [-0.2, 0) is 0 Å². The summed E-state index contributed by atoms with van der Waals surface area (Å²) in [5.41, 5.74) is 10.9. The third-order valence-electron chi connectivity index (χ3n) is 10.4. The minimum absolute atomic E-state index is 0.885. The van der Waals surface area contributed by atoms with Crippen LogP contribution < -0.4 is 0 Å². The zero-order chi connectivity index (χ0) is 32.8. The molecule has 0 aliphatic rings. The van der Waals surface area contributed by atoms with Gasteiger partial charge in [-0.3, -0.25) is 0 Å². The first-order valence-electron chi connectivity index (χ1n) is 17.1. The van der Waals surface area contributed by atoms with Crippen molar-refractivity contribution in [2.45, 2.75) is 0 Å². The van der Waals surface area contributed by atoms with Crippen LogP contribution in [0.4, 0.5) is 0 Å². The molecule has 0 aliphatic heterocycles. The van der Waals surface area contributed by atoms with Gasteiger partial charge in [0.25, 0.3) is 0 Å². The monoisotopic (exact) mass is 636 g/mol. The summed E-state index contributed by atoms with van der Waals surface area (Å²) in [5.74, 6) is 0.897. The molecule has 2 nitrogen and oxygen atoms in total. The van der Waals surface area contributed by atoms with Crippen LogP contribution in [0.1, 0.15) is 0 Å². The van der Waals surface area contributed by atoms with E-state index in [1.807, 2.05) is 18.2 Å². The molecule has 0 amide bonds. The second-order valence-electron chi connectivity index (χ2n) is 13.2. The largest absolute Gasteiger partial charge is 0.456 e. The van der Waals surface area contributed by atoms with Crippen molar-refractivity contribution in [1.82, 2.24) is 0 Å². The van der Waals surface area contributed by atoms with E-state index in [4.69, 9.17) is 8.83 Å². The summed E-state index contributed by atoms with van der Waals surface area (Å²) >= 11 is 0. The van der Waals surface area contributed by atoms with Gasteiger partial charge >= 0.3 is 0 Å². The highest BCUT2D eigenvalue weighted by Crippen LogP contribution is 2.46. The van der Waals surface area contributed by atoms with E-state index in [2.05, 4.69) is 152 Å². The van der Waals surface area contributed by atoms with Gasteiger partial charge in [-0.05, 0) is 90.5 Å². The molecule has 11 aromatic rings. The molecule has 2 heteroatoms. The van der Waals surface area contributed by atoms with Crippen molar-refractivity contribution < 1.29 is 8.83 Å². The Morgan fingerprint density at radius 1 is 0.300 bits per heavy atom.